The number of ketones is 1. The molecule has 8 nitrogen and oxygen atoms in total. The van der Waals surface area contributed by atoms with Crippen LogP contribution in [0.1, 0.15) is 49.8 Å². The summed E-state index contributed by atoms with van der Waals surface area (Å²) in [6, 6.07) is 10.3. The van der Waals surface area contributed by atoms with Crippen molar-refractivity contribution in [3.63, 3.8) is 0 Å². The number of rotatable bonds is 10. The fourth-order valence-electron chi connectivity index (χ4n) is 4.85. The Kier molecular flexibility index (Phi) is 9.00. The number of amides is 1. The molecule has 2 unspecified atom stereocenters. The second-order valence-electron chi connectivity index (χ2n) is 9.44. The molecule has 1 aliphatic carbocycles. The second kappa shape index (κ2) is 12.6. The zero-order valence-corrected chi connectivity index (χ0v) is 21.2. The highest BCUT2D eigenvalue weighted by atomic mass is 35.5. The average molecular weight is 525 g/mol. The number of nitrogen functional groups attached to an aromatic ring is 1. The third kappa shape index (κ3) is 7.45. The van der Waals surface area contributed by atoms with Crippen molar-refractivity contribution < 1.29 is 14.0 Å². The van der Waals surface area contributed by atoms with E-state index in [0.29, 0.717) is 24.9 Å². The molecule has 3 aromatic rings. The number of halogens is 2. The molecular formula is C27H30ClFN6O2. The van der Waals surface area contributed by atoms with Gasteiger partial charge in [-0.15, -0.1) is 0 Å². The van der Waals surface area contributed by atoms with E-state index in [1.807, 2.05) is 18.2 Å². The summed E-state index contributed by atoms with van der Waals surface area (Å²) in [6.45, 7) is 0.0653. The molecule has 194 valence electrons. The summed E-state index contributed by atoms with van der Waals surface area (Å²) in [4.78, 5) is 37.7. The van der Waals surface area contributed by atoms with Crippen LogP contribution in [0.3, 0.4) is 0 Å². The van der Waals surface area contributed by atoms with Crippen LogP contribution in [0.15, 0.2) is 48.9 Å². The van der Waals surface area contributed by atoms with Crippen LogP contribution in [-0.2, 0) is 22.6 Å². The topological polar surface area (TPSA) is 123 Å². The van der Waals surface area contributed by atoms with Gasteiger partial charge in [0.1, 0.15) is 23.6 Å². The van der Waals surface area contributed by atoms with Gasteiger partial charge in [-0.05, 0) is 48.4 Å². The largest absolute Gasteiger partial charge is 0.398 e. The third-order valence-electron chi connectivity index (χ3n) is 6.65. The van der Waals surface area contributed by atoms with Gasteiger partial charge in [0.2, 0.25) is 5.91 Å². The van der Waals surface area contributed by atoms with E-state index < -0.39 is 5.82 Å². The van der Waals surface area contributed by atoms with Crippen LogP contribution < -0.4 is 16.4 Å². The lowest BCUT2D eigenvalue weighted by Crippen LogP contribution is -2.24. The van der Waals surface area contributed by atoms with Crippen molar-refractivity contribution in [2.45, 2.75) is 51.5 Å². The number of anilines is 3. The monoisotopic (exact) mass is 524 g/mol. The number of para-hydroxylation sites is 1. The first-order valence-electron chi connectivity index (χ1n) is 12.4. The van der Waals surface area contributed by atoms with Gasteiger partial charge in [0.25, 0.3) is 0 Å². The first-order valence-corrected chi connectivity index (χ1v) is 12.8. The Hall–Kier alpha value is -3.59. The minimum absolute atomic E-state index is 0.0653. The highest BCUT2D eigenvalue weighted by molar-refractivity contribution is 6.33. The van der Waals surface area contributed by atoms with E-state index in [4.69, 9.17) is 17.3 Å². The summed E-state index contributed by atoms with van der Waals surface area (Å²) >= 11 is 6.25. The predicted molar refractivity (Wildman–Crippen MR) is 141 cm³/mol. The van der Waals surface area contributed by atoms with E-state index in [1.54, 1.807) is 6.07 Å². The summed E-state index contributed by atoms with van der Waals surface area (Å²) in [5, 5.41) is 5.87. The zero-order valence-electron chi connectivity index (χ0n) is 20.4. The lowest BCUT2D eigenvalue weighted by molar-refractivity contribution is -0.119. The van der Waals surface area contributed by atoms with E-state index in [9.17, 15) is 14.0 Å². The highest BCUT2D eigenvalue weighted by Gasteiger charge is 2.26. The molecule has 2 aromatic heterocycles. The van der Waals surface area contributed by atoms with Crippen molar-refractivity contribution in [2.75, 3.05) is 16.4 Å². The average Bonchev–Trinajstić information content (AvgIpc) is 2.87. The van der Waals surface area contributed by atoms with Crippen LogP contribution in [0.25, 0.3) is 0 Å². The summed E-state index contributed by atoms with van der Waals surface area (Å²) < 4.78 is 13.9. The molecule has 0 bridgehead atoms. The number of Topliss-reactive ketones (excluding diaryl/α,β-unsaturated/α-hetero) is 1. The second-order valence-corrected chi connectivity index (χ2v) is 9.80. The number of aromatic nitrogens is 3. The number of benzene rings is 1. The van der Waals surface area contributed by atoms with Crippen molar-refractivity contribution in [3.8, 4) is 0 Å². The molecule has 1 amide bonds. The molecule has 37 heavy (non-hydrogen) atoms. The number of pyridine rings is 1. The van der Waals surface area contributed by atoms with E-state index in [1.165, 1.54) is 24.7 Å². The number of hydrogen-bond donors (Lipinski definition) is 3. The highest BCUT2D eigenvalue weighted by Crippen LogP contribution is 2.34. The number of carbonyl (C=O) groups is 2. The molecule has 10 heteroatoms. The molecule has 0 aliphatic heterocycles. The minimum Gasteiger partial charge on any atom is -0.398 e. The summed E-state index contributed by atoms with van der Waals surface area (Å²) in [7, 11) is 0. The quantitative estimate of drug-likeness (QED) is 0.246. The van der Waals surface area contributed by atoms with Gasteiger partial charge in [-0.25, -0.2) is 14.4 Å². The Morgan fingerprint density at radius 1 is 1.05 bits per heavy atom. The Balaban J connectivity index is 1.31. The van der Waals surface area contributed by atoms with Crippen LogP contribution in [-0.4, -0.2) is 26.6 Å². The SMILES string of the molecule is Nc1ccccc1CC(=O)CC1CCCC(CC(=O)Nc2c(Cl)ncnc2NCc2ncccc2F)C1. The standard InChI is InChI=1S/C27H30ClFN6O2/c28-26-25(27(34-16-33-26)32-15-23-21(29)8-4-10-31-23)35-24(37)13-18-6-3-5-17(11-18)12-20(36)14-19-7-1-2-9-22(19)30/h1-2,4,7-10,16-18H,3,5-6,11-15,30H2,(H,35,37)(H,32,33,34). The molecule has 0 saturated heterocycles. The number of nitrogens with two attached hydrogens (primary N) is 1. The van der Waals surface area contributed by atoms with E-state index >= 15 is 0 Å². The van der Waals surface area contributed by atoms with Gasteiger partial charge >= 0.3 is 0 Å². The smallest absolute Gasteiger partial charge is 0.224 e. The fraction of sp³-hybridized carbons (Fsp3) is 0.370. The summed E-state index contributed by atoms with van der Waals surface area (Å²) in [6.07, 6.45) is 7.57. The molecular weight excluding hydrogens is 495 g/mol. The maximum atomic E-state index is 13.9. The predicted octanol–water partition coefficient (Wildman–Crippen LogP) is 5.20. The van der Waals surface area contributed by atoms with E-state index in [2.05, 4.69) is 25.6 Å². The fourth-order valence-corrected chi connectivity index (χ4v) is 5.03. The molecule has 0 spiro atoms. The van der Waals surface area contributed by atoms with Crippen molar-refractivity contribution in [1.82, 2.24) is 15.0 Å². The van der Waals surface area contributed by atoms with Crippen molar-refractivity contribution in [2.24, 2.45) is 11.8 Å². The number of nitrogens with one attached hydrogen (secondary N) is 2. The maximum Gasteiger partial charge on any atom is 0.224 e. The van der Waals surface area contributed by atoms with Crippen LogP contribution in [0.5, 0.6) is 0 Å². The zero-order chi connectivity index (χ0) is 26.2. The van der Waals surface area contributed by atoms with E-state index in [-0.39, 0.29) is 52.4 Å². The number of nitrogens with zero attached hydrogens (tertiary/aromatic N) is 3. The normalized spacial score (nSPS) is 17.2. The molecule has 1 aromatic carbocycles. The maximum absolute atomic E-state index is 13.9. The first kappa shape index (κ1) is 26.5. The number of hydrogen-bond acceptors (Lipinski definition) is 7. The van der Waals surface area contributed by atoms with Gasteiger partial charge in [0.15, 0.2) is 11.0 Å². The first-order chi connectivity index (χ1) is 17.9. The Morgan fingerprint density at radius 3 is 2.62 bits per heavy atom. The van der Waals surface area contributed by atoms with Crippen LogP contribution in [0.2, 0.25) is 5.15 Å². The minimum atomic E-state index is -0.446. The van der Waals surface area contributed by atoms with Crippen molar-refractivity contribution in [1.29, 1.82) is 0 Å². The van der Waals surface area contributed by atoms with Crippen LogP contribution in [0, 0.1) is 17.7 Å². The van der Waals surface area contributed by atoms with Gasteiger partial charge in [-0.3, -0.25) is 14.6 Å². The molecule has 0 radical (unpaired) electrons. The Bertz CT molecular complexity index is 1260. The molecule has 4 N–H and O–H groups in total. The van der Waals surface area contributed by atoms with Crippen molar-refractivity contribution >= 4 is 40.5 Å². The molecule has 1 fully saturated rings. The van der Waals surface area contributed by atoms with E-state index in [0.717, 1.165) is 31.2 Å². The Morgan fingerprint density at radius 2 is 1.84 bits per heavy atom. The van der Waals surface area contributed by atoms with Gasteiger partial charge in [0, 0.05) is 31.1 Å². The molecule has 2 heterocycles. The molecule has 4 rings (SSSR count). The Labute approximate surface area is 220 Å². The lowest BCUT2D eigenvalue weighted by atomic mass is 9.77. The van der Waals surface area contributed by atoms with Gasteiger partial charge in [-0.1, -0.05) is 42.6 Å². The van der Waals surface area contributed by atoms with Gasteiger partial charge in [-0.2, -0.15) is 0 Å². The van der Waals surface area contributed by atoms with Gasteiger partial charge in [0.05, 0.1) is 12.2 Å². The third-order valence-corrected chi connectivity index (χ3v) is 6.93. The van der Waals surface area contributed by atoms with Crippen LogP contribution >= 0.6 is 11.6 Å². The van der Waals surface area contributed by atoms with Crippen LogP contribution in [0.4, 0.5) is 21.6 Å². The number of carbonyl (C=O) groups excluding carboxylic acids is 2. The summed E-state index contributed by atoms with van der Waals surface area (Å²) in [5.74, 6) is 0.206. The molecule has 2 atom stereocenters. The van der Waals surface area contributed by atoms with Gasteiger partial charge < -0.3 is 16.4 Å². The summed E-state index contributed by atoms with van der Waals surface area (Å²) in [5.41, 5.74) is 7.93. The molecule has 1 aliphatic rings. The molecule has 1 saturated carbocycles. The van der Waals surface area contributed by atoms with Crippen molar-refractivity contribution in [3.05, 3.63) is 71.2 Å². The lowest BCUT2D eigenvalue weighted by Gasteiger charge is -2.28.